The number of rotatable bonds is 6. The van der Waals surface area contributed by atoms with Crippen LogP contribution in [0.25, 0.3) is 0 Å². The molecule has 1 fully saturated rings. The molecule has 1 saturated heterocycles. The number of benzene rings is 1. The molecule has 19 heavy (non-hydrogen) atoms. The maximum absolute atomic E-state index is 13.9. The Morgan fingerprint density at radius 3 is 2.79 bits per heavy atom. The molecule has 1 aliphatic heterocycles. The van der Waals surface area contributed by atoms with Crippen molar-refractivity contribution < 1.29 is 9.50 Å². The van der Waals surface area contributed by atoms with Crippen LogP contribution in [0.2, 0.25) is 0 Å². The predicted octanol–water partition coefficient (Wildman–Crippen LogP) is 3.37. The second-order valence-corrected chi connectivity index (χ2v) is 5.66. The molecule has 0 amide bonds. The molecule has 0 radical (unpaired) electrons. The van der Waals surface area contributed by atoms with Gasteiger partial charge in [0.2, 0.25) is 0 Å². The van der Waals surface area contributed by atoms with Gasteiger partial charge in [0.05, 0.1) is 0 Å². The summed E-state index contributed by atoms with van der Waals surface area (Å²) < 4.78 is 13.9. The Kier molecular flexibility index (Phi) is 5.34. The molecule has 0 aromatic heterocycles. The summed E-state index contributed by atoms with van der Waals surface area (Å²) in [6, 6.07) is 7.38. The Morgan fingerprint density at radius 1 is 1.26 bits per heavy atom. The number of hydrogen-bond donors (Lipinski definition) is 1. The minimum atomic E-state index is -0.0815. The summed E-state index contributed by atoms with van der Waals surface area (Å²) >= 11 is 0. The number of aliphatic hydroxyl groups excluding tert-OH is 1. The van der Waals surface area contributed by atoms with Crippen molar-refractivity contribution >= 4 is 0 Å². The predicted molar refractivity (Wildman–Crippen MR) is 75.4 cm³/mol. The Bertz CT molecular complexity index is 396. The minimum Gasteiger partial charge on any atom is -0.396 e. The molecule has 1 aliphatic rings. The van der Waals surface area contributed by atoms with Gasteiger partial charge >= 0.3 is 0 Å². The minimum absolute atomic E-state index is 0.0815. The fraction of sp³-hybridized carbons (Fsp3) is 0.625. The van der Waals surface area contributed by atoms with Gasteiger partial charge in [0.25, 0.3) is 0 Å². The lowest BCUT2D eigenvalue weighted by Gasteiger charge is -2.25. The SMILES string of the molecule is CC1CC(c2ccccc2F)N(CCCCCO)C1. The maximum Gasteiger partial charge on any atom is 0.127 e. The van der Waals surface area contributed by atoms with Crippen LogP contribution in [0.1, 0.15) is 44.2 Å². The highest BCUT2D eigenvalue weighted by Gasteiger charge is 2.31. The second-order valence-electron chi connectivity index (χ2n) is 5.66. The van der Waals surface area contributed by atoms with Gasteiger partial charge in [-0.15, -0.1) is 0 Å². The number of aliphatic hydroxyl groups is 1. The van der Waals surface area contributed by atoms with Crippen molar-refractivity contribution in [2.45, 2.75) is 38.6 Å². The van der Waals surface area contributed by atoms with E-state index < -0.39 is 0 Å². The first-order valence-electron chi connectivity index (χ1n) is 7.31. The van der Waals surface area contributed by atoms with Crippen molar-refractivity contribution in [3.05, 3.63) is 35.6 Å². The molecule has 0 saturated carbocycles. The van der Waals surface area contributed by atoms with E-state index in [2.05, 4.69) is 11.8 Å². The number of hydrogen-bond acceptors (Lipinski definition) is 2. The molecule has 1 aromatic rings. The Hall–Kier alpha value is -0.930. The third-order valence-corrected chi connectivity index (χ3v) is 3.98. The zero-order valence-corrected chi connectivity index (χ0v) is 11.7. The first-order valence-corrected chi connectivity index (χ1v) is 7.31. The number of halogens is 1. The van der Waals surface area contributed by atoms with E-state index in [1.54, 1.807) is 12.1 Å². The average Bonchev–Trinajstić information content (AvgIpc) is 2.76. The molecule has 0 aliphatic carbocycles. The molecule has 0 spiro atoms. The van der Waals surface area contributed by atoms with E-state index in [1.807, 2.05) is 12.1 Å². The molecule has 1 aromatic carbocycles. The third-order valence-electron chi connectivity index (χ3n) is 3.98. The summed E-state index contributed by atoms with van der Waals surface area (Å²) in [5, 5.41) is 8.80. The highest BCUT2D eigenvalue weighted by molar-refractivity contribution is 5.22. The van der Waals surface area contributed by atoms with Crippen LogP contribution in [-0.2, 0) is 0 Å². The summed E-state index contributed by atoms with van der Waals surface area (Å²) in [5.41, 5.74) is 0.842. The van der Waals surface area contributed by atoms with Crippen LogP contribution in [0.15, 0.2) is 24.3 Å². The van der Waals surface area contributed by atoms with E-state index >= 15 is 0 Å². The largest absolute Gasteiger partial charge is 0.396 e. The van der Waals surface area contributed by atoms with Crippen molar-refractivity contribution in [3.8, 4) is 0 Å². The van der Waals surface area contributed by atoms with Gasteiger partial charge in [0.15, 0.2) is 0 Å². The van der Waals surface area contributed by atoms with Crippen LogP contribution >= 0.6 is 0 Å². The van der Waals surface area contributed by atoms with E-state index in [0.29, 0.717) is 5.92 Å². The van der Waals surface area contributed by atoms with Crippen molar-refractivity contribution in [2.75, 3.05) is 19.7 Å². The monoisotopic (exact) mass is 265 g/mol. The Morgan fingerprint density at radius 2 is 2.05 bits per heavy atom. The molecule has 1 heterocycles. The molecule has 2 nitrogen and oxygen atoms in total. The van der Waals surface area contributed by atoms with Crippen LogP contribution in [0.3, 0.4) is 0 Å². The lowest BCUT2D eigenvalue weighted by molar-refractivity contribution is 0.235. The molecule has 3 heteroatoms. The molecule has 1 N–H and O–H groups in total. The summed E-state index contributed by atoms with van der Waals surface area (Å²) in [6.45, 7) is 4.57. The van der Waals surface area contributed by atoms with Crippen LogP contribution in [0, 0.1) is 11.7 Å². The van der Waals surface area contributed by atoms with Crippen LogP contribution < -0.4 is 0 Å². The van der Waals surface area contributed by atoms with E-state index in [1.165, 1.54) is 0 Å². The highest BCUT2D eigenvalue weighted by atomic mass is 19.1. The molecular weight excluding hydrogens is 241 g/mol. The zero-order chi connectivity index (χ0) is 13.7. The molecule has 2 atom stereocenters. The normalized spacial score (nSPS) is 23.9. The number of likely N-dealkylation sites (tertiary alicyclic amines) is 1. The third kappa shape index (κ3) is 3.77. The first kappa shape index (κ1) is 14.5. The van der Waals surface area contributed by atoms with Gasteiger partial charge in [0, 0.05) is 24.8 Å². The average molecular weight is 265 g/mol. The summed E-state index contributed by atoms with van der Waals surface area (Å²) in [4.78, 5) is 2.40. The van der Waals surface area contributed by atoms with Crippen LogP contribution in [0.4, 0.5) is 4.39 Å². The summed E-state index contributed by atoms with van der Waals surface area (Å²) in [7, 11) is 0. The summed E-state index contributed by atoms with van der Waals surface area (Å²) in [5.74, 6) is 0.546. The number of unbranched alkanes of at least 4 members (excludes halogenated alkanes) is 2. The number of nitrogens with zero attached hydrogens (tertiary/aromatic N) is 1. The Labute approximate surface area is 115 Å². The summed E-state index contributed by atoms with van der Waals surface area (Å²) in [6.07, 6.45) is 4.04. The van der Waals surface area contributed by atoms with Crippen LogP contribution in [0.5, 0.6) is 0 Å². The standard InChI is InChI=1S/C16H24FNO/c1-13-11-16(14-7-3-4-8-15(14)17)18(12-13)9-5-2-6-10-19/h3-4,7-8,13,16,19H,2,5-6,9-12H2,1H3. The van der Waals surface area contributed by atoms with Gasteiger partial charge in [-0.3, -0.25) is 4.90 Å². The van der Waals surface area contributed by atoms with Crippen LogP contribution in [-0.4, -0.2) is 29.7 Å². The first-order chi connectivity index (χ1) is 9.22. The van der Waals surface area contributed by atoms with E-state index in [0.717, 1.165) is 44.3 Å². The van der Waals surface area contributed by atoms with E-state index in [4.69, 9.17) is 5.11 Å². The van der Waals surface area contributed by atoms with Gasteiger partial charge in [0.1, 0.15) is 5.82 Å². The Balaban J connectivity index is 1.99. The maximum atomic E-state index is 13.9. The zero-order valence-electron chi connectivity index (χ0n) is 11.7. The van der Waals surface area contributed by atoms with E-state index in [9.17, 15) is 4.39 Å². The van der Waals surface area contributed by atoms with E-state index in [-0.39, 0.29) is 18.5 Å². The van der Waals surface area contributed by atoms with Crippen molar-refractivity contribution in [1.82, 2.24) is 4.90 Å². The lowest BCUT2D eigenvalue weighted by Crippen LogP contribution is -2.25. The molecule has 2 unspecified atom stereocenters. The van der Waals surface area contributed by atoms with Gasteiger partial charge in [-0.05, 0) is 44.2 Å². The van der Waals surface area contributed by atoms with Crippen molar-refractivity contribution in [3.63, 3.8) is 0 Å². The molecule has 106 valence electrons. The highest BCUT2D eigenvalue weighted by Crippen LogP contribution is 2.36. The van der Waals surface area contributed by atoms with Gasteiger partial charge in [-0.1, -0.05) is 25.1 Å². The molecule has 0 bridgehead atoms. The van der Waals surface area contributed by atoms with Gasteiger partial charge in [-0.25, -0.2) is 4.39 Å². The second kappa shape index (κ2) is 7.01. The smallest absolute Gasteiger partial charge is 0.127 e. The molecular formula is C16H24FNO. The van der Waals surface area contributed by atoms with Crippen molar-refractivity contribution in [2.24, 2.45) is 5.92 Å². The quantitative estimate of drug-likeness (QED) is 0.797. The van der Waals surface area contributed by atoms with Crippen molar-refractivity contribution in [1.29, 1.82) is 0 Å². The fourth-order valence-corrected chi connectivity index (χ4v) is 3.05. The lowest BCUT2D eigenvalue weighted by atomic mass is 10.0. The van der Waals surface area contributed by atoms with Gasteiger partial charge < -0.3 is 5.11 Å². The fourth-order valence-electron chi connectivity index (χ4n) is 3.05. The van der Waals surface area contributed by atoms with Gasteiger partial charge in [-0.2, -0.15) is 0 Å². The topological polar surface area (TPSA) is 23.5 Å². The molecule has 2 rings (SSSR count).